The molecule has 0 radical (unpaired) electrons. The van der Waals surface area contributed by atoms with Crippen LogP contribution in [-0.4, -0.2) is 15.9 Å². The van der Waals surface area contributed by atoms with Crippen molar-refractivity contribution in [3.05, 3.63) is 70.9 Å². The van der Waals surface area contributed by atoms with E-state index in [-0.39, 0.29) is 18.7 Å². The molecule has 2 heterocycles. The molecule has 7 nitrogen and oxygen atoms in total. The van der Waals surface area contributed by atoms with Gasteiger partial charge in [0.2, 0.25) is 5.91 Å². The first-order chi connectivity index (χ1) is 13.1. The van der Waals surface area contributed by atoms with Crippen LogP contribution in [0.3, 0.4) is 0 Å². The maximum Gasteiger partial charge on any atom is 0.417 e. The van der Waals surface area contributed by atoms with Crippen LogP contribution in [-0.2, 0) is 11.2 Å². The summed E-state index contributed by atoms with van der Waals surface area (Å²) in [6.45, 7) is 0. The highest BCUT2D eigenvalue weighted by molar-refractivity contribution is 5.92. The summed E-state index contributed by atoms with van der Waals surface area (Å²) in [4.78, 5) is 29.9. The van der Waals surface area contributed by atoms with E-state index >= 15 is 0 Å². The van der Waals surface area contributed by atoms with Gasteiger partial charge in [-0.2, -0.15) is 0 Å². The maximum absolute atomic E-state index is 13.8. The number of amides is 1. The Balaban J connectivity index is 1.39. The molecule has 0 spiro atoms. The quantitative estimate of drug-likeness (QED) is 0.562. The van der Waals surface area contributed by atoms with Gasteiger partial charge >= 0.3 is 5.76 Å². The number of carbonyl (C=O) groups is 1. The highest BCUT2D eigenvalue weighted by Crippen LogP contribution is 2.23. The van der Waals surface area contributed by atoms with Gasteiger partial charge in [-0.25, -0.2) is 14.2 Å². The van der Waals surface area contributed by atoms with Gasteiger partial charge in [0, 0.05) is 18.5 Å². The van der Waals surface area contributed by atoms with Gasteiger partial charge in [-0.05, 0) is 30.3 Å². The second-order valence-corrected chi connectivity index (χ2v) is 5.87. The van der Waals surface area contributed by atoms with Crippen molar-refractivity contribution in [1.29, 1.82) is 0 Å². The van der Waals surface area contributed by atoms with Crippen molar-refractivity contribution in [3.63, 3.8) is 0 Å². The minimum absolute atomic E-state index is 0.136. The third-order valence-electron chi connectivity index (χ3n) is 3.96. The average molecular weight is 367 g/mol. The van der Waals surface area contributed by atoms with E-state index in [0.717, 1.165) is 0 Å². The van der Waals surface area contributed by atoms with E-state index in [1.165, 1.54) is 12.3 Å². The Labute approximate surface area is 151 Å². The number of aromatic amines is 1. The Bertz CT molecular complexity index is 1170. The number of oxazole rings is 2. The summed E-state index contributed by atoms with van der Waals surface area (Å²) in [5, 5.41) is 2.73. The number of fused-ring (bicyclic) bond motifs is 1. The molecule has 2 aromatic heterocycles. The van der Waals surface area contributed by atoms with Crippen molar-refractivity contribution in [1.82, 2.24) is 9.97 Å². The van der Waals surface area contributed by atoms with E-state index in [0.29, 0.717) is 34.0 Å². The fourth-order valence-corrected chi connectivity index (χ4v) is 2.69. The number of H-pyrrole nitrogens is 1. The second kappa shape index (κ2) is 6.91. The molecular formula is C19H14FN3O4. The summed E-state index contributed by atoms with van der Waals surface area (Å²) in [6.07, 6.45) is 1.84. The number of aromatic nitrogens is 2. The first-order valence-electron chi connectivity index (χ1n) is 8.21. The largest absolute Gasteiger partial charge is 0.441 e. The molecule has 0 aliphatic rings. The van der Waals surface area contributed by atoms with Gasteiger partial charge in [-0.3, -0.25) is 9.78 Å². The van der Waals surface area contributed by atoms with Crippen LogP contribution < -0.4 is 11.1 Å². The Hall–Kier alpha value is -3.68. The molecule has 136 valence electrons. The molecule has 0 bridgehead atoms. The van der Waals surface area contributed by atoms with Gasteiger partial charge in [0.1, 0.15) is 5.82 Å². The number of nitrogens with zero attached hydrogens (tertiary/aromatic N) is 1. The van der Waals surface area contributed by atoms with E-state index < -0.39 is 11.6 Å². The smallest absolute Gasteiger partial charge is 0.417 e. The van der Waals surface area contributed by atoms with Crippen LogP contribution >= 0.6 is 0 Å². The van der Waals surface area contributed by atoms with Crippen LogP contribution in [0, 0.1) is 5.82 Å². The summed E-state index contributed by atoms with van der Waals surface area (Å²) < 4.78 is 24.2. The van der Waals surface area contributed by atoms with Crippen molar-refractivity contribution < 1.29 is 18.0 Å². The van der Waals surface area contributed by atoms with Crippen molar-refractivity contribution in [3.8, 4) is 11.3 Å². The lowest BCUT2D eigenvalue weighted by molar-refractivity contribution is -0.116. The van der Waals surface area contributed by atoms with E-state index in [1.807, 2.05) is 0 Å². The number of carbonyl (C=O) groups excluding carboxylic acids is 1. The molecule has 0 saturated heterocycles. The third kappa shape index (κ3) is 3.64. The van der Waals surface area contributed by atoms with Crippen molar-refractivity contribution in [2.45, 2.75) is 12.8 Å². The summed E-state index contributed by atoms with van der Waals surface area (Å²) in [7, 11) is 0. The van der Waals surface area contributed by atoms with Gasteiger partial charge in [0.05, 0.1) is 17.3 Å². The summed E-state index contributed by atoms with van der Waals surface area (Å²) in [6, 6.07) is 11.1. The zero-order chi connectivity index (χ0) is 18.8. The molecule has 27 heavy (non-hydrogen) atoms. The van der Waals surface area contributed by atoms with Crippen molar-refractivity contribution in [2.24, 2.45) is 0 Å². The zero-order valence-electron chi connectivity index (χ0n) is 14.0. The van der Waals surface area contributed by atoms with E-state index in [1.54, 1.807) is 36.4 Å². The van der Waals surface area contributed by atoms with Gasteiger partial charge in [0.25, 0.3) is 0 Å². The molecule has 0 aliphatic heterocycles. The highest BCUT2D eigenvalue weighted by atomic mass is 19.1. The third-order valence-corrected chi connectivity index (χ3v) is 3.96. The second-order valence-electron chi connectivity index (χ2n) is 5.87. The molecule has 1 amide bonds. The monoisotopic (exact) mass is 367 g/mol. The minimum Gasteiger partial charge on any atom is -0.441 e. The summed E-state index contributed by atoms with van der Waals surface area (Å²) in [5.74, 6) is -0.532. The van der Waals surface area contributed by atoms with E-state index in [4.69, 9.17) is 8.83 Å². The number of hydrogen-bond donors (Lipinski definition) is 2. The number of rotatable bonds is 5. The van der Waals surface area contributed by atoms with Gasteiger partial charge < -0.3 is 14.2 Å². The Morgan fingerprint density at radius 2 is 2.04 bits per heavy atom. The summed E-state index contributed by atoms with van der Waals surface area (Å²) in [5.41, 5.74) is 1.77. The standard InChI is InChI=1S/C19H14FN3O4/c20-13-4-2-1-3-12(13)16-10-21-18(26-16)8-7-17(24)22-11-5-6-15-14(9-11)23-19(25)27-15/h1-6,9-10H,7-8H2,(H,22,24)(H,23,25). The highest BCUT2D eigenvalue weighted by Gasteiger charge is 2.12. The van der Waals surface area contributed by atoms with Gasteiger partial charge in [0.15, 0.2) is 17.2 Å². The molecule has 0 unspecified atom stereocenters. The lowest BCUT2D eigenvalue weighted by Crippen LogP contribution is -2.12. The predicted molar refractivity (Wildman–Crippen MR) is 95.7 cm³/mol. The normalized spacial score (nSPS) is 11.0. The van der Waals surface area contributed by atoms with Crippen LogP contribution in [0.1, 0.15) is 12.3 Å². The molecule has 4 aromatic rings. The van der Waals surface area contributed by atoms with Crippen LogP contribution in [0.15, 0.2) is 62.3 Å². The van der Waals surface area contributed by atoms with Crippen LogP contribution in [0.4, 0.5) is 10.1 Å². The molecule has 4 rings (SSSR count). The van der Waals surface area contributed by atoms with Crippen molar-refractivity contribution in [2.75, 3.05) is 5.32 Å². The van der Waals surface area contributed by atoms with Crippen molar-refractivity contribution >= 4 is 22.7 Å². The predicted octanol–water partition coefficient (Wildman–Crippen LogP) is 3.49. The van der Waals surface area contributed by atoms with E-state index in [2.05, 4.69) is 15.3 Å². The first-order valence-corrected chi connectivity index (χ1v) is 8.21. The molecule has 2 N–H and O–H groups in total. The van der Waals surface area contributed by atoms with Crippen LogP contribution in [0.25, 0.3) is 22.4 Å². The zero-order valence-corrected chi connectivity index (χ0v) is 14.0. The first kappa shape index (κ1) is 16.8. The number of nitrogens with one attached hydrogen (secondary N) is 2. The molecule has 8 heteroatoms. The molecule has 2 aromatic carbocycles. The number of benzene rings is 2. The topological polar surface area (TPSA) is 101 Å². The number of aryl methyl sites for hydroxylation is 1. The van der Waals surface area contributed by atoms with Crippen LogP contribution in [0.2, 0.25) is 0 Å². The lowest BCUT2D eigenvalue weighted by Gasteiger charge is -2.04. The number of hydrogen-bond acceptors (Lipinski definition) is 5. The number of anilines is 1. The molecule has 0 aliphatic carbocycles. The maximum atomic E-state index is 13.8. The average Bonchev–Trinajstić information content (AvgIpc) is 3.25. The molecule has 0 atom stereocenters. The Kier molecular flexibility index (Phi) is 4.29. The summed E-state index contributed by atoms with van der Waals surface area (Å²) >= 11 is 0. The Morgan fingerprint density at radius 3 is 2.89 bits per heavy atom. The molecular weight excluding hydrogens is 353 g/mol. The number of halogens is 1. The SMILES string of the molecule is O=C(CCc1ncc(-c2ccccc2F)o1)Nc1ccc2oc(=O)[nH]c2c1. The molecule has 0 fully saturated rings. The van der Waals surface area contributed by atoms with Crippen LogP contribution in [0.5, 0.6) is 0 Å². The molecule has 0 saturated carbocycles. The van der Waals surface area contributed by atoms with E-state index in [9.17, 15) is 14.0 Å². The fraction of sp³-hybridized carbons (Fsp3) is 0.105. The fourth-order valence-electron chi connectivity index (χ4n) is 2.69. The minimum atomic E-state index is -0.553. The lowest BCUT2D eigenvalue weighted by atomic mass is 10.2. The van der Waals surface area contributed by atoms with Gasteiger partial charge in [-0.15, -0.1) is 0 Å². The Morgan fingerprint density at radius 1 is 1.19 bits per heavy atom. The van der Waals surface area contributed by atoms with Gasteiger partial charge in [-0.1, -0.05) is 12.1 Å².